The minimum absolute atomic E-state index is 0.0819. The highest BCUT2D eigenvalue weighted by Gasteiger charge is 2.44. The van der Waals surface area contributed by atoms with E-state index in [1.165, 1.54) is 6.07 Å². The van der Waals surface area contributed by atoms with Gasteiger partial charge in [-0.3, -0.25) is 39.4 Å². The number of hydrogen-bond donors (Lipinski definition) is 3. The number of aliphatic imine (C=N–C) groups is 1. The Morgan fingerprint density at radius 3 is 2.64 bits per heavy atom. The number of nitrogens with one attached hydrogen (secondary N) is 2. The summed E-state index contributed by atoms with van der Waals surface area (Å²) in [5.41, 5.74) is 10.6. The highest BCUT2D eigenvalue weighted by molar-refractivity contribution is 6.24. The summed E-state index contributed by atoms with van der Waals surface area (Å²) in [6, 6.07) is 8.88. The molecule has 4 N–H and O–H groups in total. The lowest BCUT2D eigenvalue weighted by Crippen LogP contribution is -2.54. The van der Waals surface area contributed by atoms with Crippen molar-refractivity contribution in [3.05, 3.63) is 70.9 Å². The van der Waals surface area contributed by atoms with E-state index in [1.807, 2.05) is 6.92 Å². The van der Waals surface area contributed by atoms with Crippen LogP contribution in [-0.2, 0) is 9.59 Å². The van der Waals surface area contributed by atoms with E-state index in [9.17, 15) is 23.6 Å². The second-order valence-corrected chi connectivity index (χ2v) is 11.9. The zero-order valence-corrected chi connectivity index (χ0v) is 25.1. The number of piperidine rings is 1. The minimum atomic E-state index is -0.982. The summed E-state index contributed by atoms with van der Waals surface area (Å²) in [5.74, 6) is -1.96. The number of halogens is 1. The number of benzene rings is 2. The number of anilines is 1. The first kappa shape index (κ1) is 30.0. The monoisotopic (exact) mass is 611 g/mol. The Labute approximate surface area is 259 Å². The molecule has 2 aliphatic heterocycles. The number of nitrogens with two attached hydrogens (primary N) is 1. The molecule has 232 valence electrons. The molecule has 11 nitrogen and oxygen atoms in total. The van der Waals surface area contributed by atoms with Crippen LogP contribution in [-0.4, -0.2) is 62.8 Å². The maximum atomic E-state index is 14.3. The van der Waals surface area contributed by atoms with Crippen molar-refractivity contribution in [2.45, 2.75) is 64.5 Å². The lowest BCUT2D eigenvalue weighted by molar-refractivity contribution is -0.136. The third kappa shape index (κ3) is 5.92. The zero-order chi connectivity index (χ0) is 31.8. The van der Waals surface area contributed by atoms with Crippen LogP contribution in [0.1, 0.15) is 78.8 Å². The molecule has 3 aromatic rings. The van der Waals surface area contributed by atoms with Gasteiger partial charge in [-0.15, -0.1) is 0 Å². The van der Waals surface area contributed by atoms with Crippen molar-refractivity contribution in [2.24, 2.45) is 16.6 Å². The summed E-state index contributed by atoms with van der Waals surface area (Å²) in [6.45, 7) is 4.37. The number of hydrogen-bond acceptors (Lipinski definition) is 9. The molecule has 1 unspecified atom stereocenters. The van der Waals surface area contributed by atoms with E-state index in [0.717, 1.165) is 42.0 Å². The summed E-state index contributed by atoms with van der Waals surface area (Å²) in [7, 11) is 0. The maximum absolute atomic E-state index is 14.3. The van der Waals surface area contributed by atoms with Crippen LogP contribution in [0.2, 0.25) is 0 Å². The molecule has 12 heteroatoms. The van der Waals surface area contributed by atoms with Gasteiger partial charge in [0, 0.05) is 35.6 Å². The van der Waals surface area contributed by atoms with Gasteiger partial charge in [0.05, 0.1) is 34.6 Å². The van der Waals surface area contributed by atoms with Gasteiger partial charge in [0.1, 0.15) is 11.6 Å². The molecular weight excluding hydrogens is 577 g/mol. The van der Waals surface area contributed by atoms with Gasteiger partial charge in [-0.25, -0.2) is 9.37 Å². The molecule has 4 amide bonds. The number of carbonyl (C=O) groups excluding carboxylic acids is 4. The standard InChI is InChI=1S/C33H34FN7O4/c1-17(35)29(26-16-37-25-7-3-6-24(34)30(25)39-26)18(2)38-21-13-19(14-21)5-4-12-36-20-8-9-22-23(15-20)33(45)41(32(22)44)27-10-11-28(42)40-31(27)43/h3,6-9,15-16,19,21,27,36H,4-5,10-14,35H2,1-2H3,(H,40,42,43). The van der Waals surface area contributed by atoms with Gasteiger partial charge in [-0.2, -0.15) is 0 Å². The molecule has 1 aromatic heterocycles. The fourth-order valence-electron chi connectivity index (χ4n) is 6.38. The topological polar surface area (TPSA) is 160 Å². The third-order valence-corrected chi connectivity index (χ3v) is 8.68. The summed E-state index contributed by atoms with van der Waals surface area (Å²) >= 11 is 0. The maximum Gasteiger partial charge on any atom is 0.262 e. The van der Waals surface area contributed by atoms with E-state index in [1.54, 1.807) is 43.5 Å². The van der Waals surface area contributed by atoms with Crippen LogP contribution < -0.4 is 16.4 Å². The van der Waals surface area contributed by atoms with Gasteiger partial charge in [-0.05, 0) is 82.2 Å². The first-order valence-electron chi connectivity index (χ1n) is 15.1. The third-order valence-electron chi connectivity index (χ3n) is 8.68. The van der Waals surface area contributed by atoms with Crippen LogP contribution in [0.3, 0.4) is 0 Å². The van der Waals surface area contributed by atoms with Crippen molar-refractivity contribution in [3.8, 4) is 0 Å². The molecule has 1 atom stereocenters. The fourth-order valence-corrected chi connectivity index (χ4v) is 6.38. The average molecular weight is 612 g/mol. The number of fused-ring (bicyclic) bond motifs is 2. The van der Waals surface area contributed by atoms with Gasteiger partial charge in [-0.1, -0.05) is 6.07 Å². The first-order valence-corrected chi connectivity index (χ1v) is 15.1. The largest absolute Gasteiger partial charge is 0.402 e. The highest BCUT2D eigenvalue weighted by atomic mass is 19.1. The summed E-state index contributed by atoms with van der Waals surface area (Å²) in [4.78, 5) is 64.4. The number of para-hydroxylation sites is 1. The first-order chi connectivity index (χ1) is 21.6. The molecule has 1 aliphatic carbocycles. The van der Waals surface area contributed by atoms with Crippen LogP contribution in [0.4, 0.5) is 10.1 Å². The molecule has 45 heavy (non-hydrogen) atoms. The van der Waals surface area contributed by atoms with E-state index >= 15 is 0 Å². The van der Waals surface area contributed by atoms with Crippen LogP contribution in [0.25, 0.3) is 16.6 Å². The predicted octanol–water partition coefficient (Wildman–Crippen LogP) is 3.99. The SMILES string of the molecule is CC(=NC1CC(CCCNc2ccc3c(c2)C(=O)N(C2CCC(=O)NC2=O)C3=O)C1)C(=C(C)N)c1cnc2cccc(F)c2n1. The van der Waals surface area contributed by atoms with Crippen molar-refractivity contribution in [1.29, 1.82) is 0 Å². The van der Waals surface area contributed by atoms with E-state index in [0.29, 0.717) is 34.9 Å². The number of allylic oxidation sites excluding steroid dienone is 2. The van der Waals surface area contributed by atoms with Crippen molar-refractivity contribution in [2.75, 3.05) is 11.9 Å². The average Bonchev–Trinajstić information content (AvgIpc) is 3.22. The molecule has 0 bridgehead atoms. The Kier molecular flexibility index (Phi) is 8.13. The van der Waals surface area contributed by atoms with Crippen molar-refractivity contribution in [1.82, 2.24) is 20.2 Å². The Morgan fingerprint density at radius 1 is 1.11 bits per heavy atom. The molecule has 1 saturated heterocycles. The van der Waals surface area contributed by atoms with Crippen LogP contribution in [0.15, 0.2) is 53.3 Å². The number of amides is 4. The van der Waals surface area contributed by atoms with Crippen LogP contribution in [0, 0.1) is 11.7 Å². The van der Waals surface area contributed by atoms with E-state index < -0.39 is 35.5 Å². The predicted molar refractivity (Wildman–Crippen MR) is 167 cm³/mol. The van der Waals surface area contributed by atoms with Gasteiger partial charge in [0.2, 0.25) is 11.8 Å². The molecule has 2 aromatic carbocycles. The molecule has 2 fully saturated rings. The lowest BCUT2D eigenvalue weighted by atomic mass is 9.77. The minimum Gasteiger partial charge on any atom is -0.402 e. The van der Waals surface area contributed by atoms with Gasteiger partial charge >= 0.3 is 0 Å². The second-order valence-electron chi connectivity index (χ2n) is 11.9. The fraction of sp³-hybridized carbons (Fsp3) is 0.364. The molecule has 3 aliphatic rings. The van der Waals surface area contributed by atoms with Crippen LogP contribution >= 0.6 is 0 Å². The number of rotatable bonds is 9. The summed E-state index contributed by atoms with van der Waals surface area (Å²) < 4.78 is 14.3. The molecule has 1 saturated carbocycles. The Bertz CT molecular complexity index is 1790. The van der Waals surface area contributed by atoms with E-state index in [4.69, 9.17) is 10.7 Å². The smallest absolute Gasteiger partial charge is 0.262 e. The van der Waals surface area contributed by atoms with Gasteiger partial charge in [0.15, 0.2) is 5.82 Å². The summed E-state index contributed by atoms with van der Waals surface area (Å²) in [6.07, 6.45) is 5.65. The van der Waals surface area contributed by atoms with E-state index in [-0.39, 0.29) is 35.5 Å². The van der Waals surface area contributed by atoms with Crippen molar-refractivity contribution >= 4 is 51.6 Å². The zero-order valence-electron chi connectivity index (χ0n) is 25.1. The molecular formula is C33H34FN7O4. The van der Waals surface area contributed by atoms with Crippen molar-refractivity contribution in [3.63, 3.8) is 0 Å². The molecule has 6 rings (SSSR count). The number of imide groups is 2. The van der Waals surface area contributed by atoms with Gasteiger partial charge in [0.25, 0.3) is 11.8 Å². The van der Waals surface area contributed by atoms with E-state index in [2.05, 4.69) is 20.6 Å². The van der Waals surface area contributed by atoms with Gasteiger partial charge < -0.3 is 11.1 Å². The molecule has 0 radical (unpaired) electrons. The number of carbonyl (C=O) groups is 4. The quantitative estimate of drug-likeness (QED) is 0.186. The Balaban J connectivity index is 0.995. The van der Waals surface area contributed by atoms with Crippen molar-refractivity contribution < 1.29 is 23.6 Å². The summed E-state index contributed by atoms with van der Waals surface area (Å²) in [5, 5.41) is 5.54. The second kappa shape index (κ2) is 12.2. The molecule has 0 spiro atoms. The Hall–Kier alpha value is -5.00. The van der Waals surface area contributed by atoms with Crippen LogP contribution in [0.5, 0.6) is 0 Å². The number of aromatic nitrogens is 2. The normalized spacial score (nSPS) is 22.2. The lowest BCUT2D eigenvalue weighted by Gasteiger charge is -2.33. The Morgan fingerprint density at radius 2 is 1.89 bits per heavy atom. The molecule has 3 heterocycles. The number of nitrogens with zero attached hydrogens (tertiary/aromatic N) is 4. The highest BCUT2D eigenvalue weighted by Crippen LogP contribution is 2.35.